The standard InChI is InChI=1S/C16H24N2O2S/c1-3-4-14-21(19,20)17-12-8-9-13-18(2)15-16-10-6-5-7-11-16/h5-7,10-11,17H,3-4,12-15H2,1-2H3. The van der Waals surface area contributed by atoms with Crippen molar-refractivity contribution < 1.29 is 8.42 Å². The van der Waals surface area contributed by atoms with Gasteiger partial charge in [0.2, 0.25) is 10.0 Å². The molecular weight excluding hydrogens is 284 g/mol. The van der Waals surface area contributed by atoms with Gasteiger partial charge in [0, 0.05) is 6.54 Å². The van der Waals surface area contributed by atoms with E-state index < -0.39 is 10.0 Å². The topological polar surface area (TPSA) is 49.4 Å². The summed E-state index contributed by atoms with van der Waals surface area (Å²) in [5.74, 6) is 6.02. The summed E-state index contributed by atoms with van der Waals surface area (Å²) < 4.78 is 25.6. The molecule has 0 heterocycles. The summed E-state index contributed by atoms with van der Waals surface area (Å²) in [5, 5.41) is 0. The average Bonchev–Trinajstić information content (AvgIpc) is 2.46. The maximum atomic E-state index is 11.5. The van der Waals surface area contributed by atoms with Crippen LogP contribution < -0.4 is 4.72 Å². The molecule has 0 bridgehead atoms. The van der Waals surface area contributed by atoms with E-state index in [0.717, 1.165) is 13.0 Å². The van der Waals surface area contributed by atoms with Gasteiger partial charge in [-0.1, -0.05) is 55.5 Å². The Labute approximate surface area is 128 Å². The quantitative estimate of drug-likeness (QED) is 0.746. The van der Waals surface area contributed by atoms with Crippen LogP contribution in [0.25, 0.3) is 0 Å². The minimum absolute atomic E-state index is 0.180. The molecule has 0 aliphatic carbocycles. The Morgan fingerprint density at radius 3 is 2.57 bits per heavy atom. The highest BCUT2D eigenvalue weighted by atomic mass is 32.2. The van der Waals surface area contributed by atoms with Crippen molar-refractivity contribution in [1.29, 1.82) is 0 Å². The molecule has 0 saturated heterocycles. The van der Waals surface area contributed by atoms with Crippen LogP contribution in [0.15, 0.2) is 30.3 Å². The molecule has 0 unspecified atom stereocenters. The normalized spacial score (nSPS) is 11.2. The minimum Gasteiger partial charge on any atom is -0.291 e. The van der Waals surface area contributed by atoms with E-state index in [1.807, 2.05) is 32.2 Å². The molecule has 0 fully saturated rings. The number of nitrogens with one attached hydrogen (secondary N) is 1. The number of rotatable bonds is 8. The fourth-order valence-electron chi connectivity index (χ4n) is 1.76. The Morgan fingerprint density at radius 1 is 1.19 bits per heavy atom. The van der Waals surface area contributed by atoms with Crippen molar-refractivity contribution in [2.75, 3.05) is 25.9 Å². The number of sulfonamides is 1. The van der Waals surface area contributed by atoms with Crippen LogP contribution in [0.2, 0.25) is 0 Å². The van der Waals surface area contributed by atoms with Crippen LogP contribution in [0.5, 0.6) is 0 Å². The molecule has 0 aromatic heterocycles. The van der Waals surface area contributed by atoms with Crippen LogP contribution in [0.3, 0.4) is 0 Å². The van der Waals surface area contributed by atoms with Crippen molar-refractivity contribution in [3.05, 3.63) is 35.9 Å². The molecule has 5 heteroatoms. The van der Waals surface area contributed by atoms with Crippen molar-refractivity contribution in [2.45, 2.75) is 26.3 Å². The summed E-state index contributed by atoms with van der Waals surface area (Å²) in [5.41, 5.74) is 1.24. The van der Waals surface area contributed by atoms with E-state index in [2.05, 4.69) is 33.6 Å². The predicted octanol–water partition coefficient (Wildman–Crippen LogP) is 1.84. The van der Waals surface area contributed by atoms with Crippen LogP contribution in [0, 0.1) is 11.8 Å². The Hall–Kier alpha value is -1.35. The van der Waals surface area contributed by atoms with Gasteiger partial charge in [-0.15, -0.1) is 0 Å². The molecule has 0 aliphatic heterocycles. The van der Waals surface area contributed by atoms with Crippen molar-refractivity contribution >= 4 is 10.0 Å². The van der Waals surface area contributed by atoms with Crippen LogP contribution in [-0.2, 0) is 16.6 Å². The fourth-order valence-corrected chi connectivity index (χ4v) is 2.86. The van der Waals surface area contributed by atoms with Gasteiger partial charge in [0.05, 0.1) is 18.8 Å². The second kappa shape index (κ2) is 9.56. The fraction of sp³-hybridized carbons (Fsp3) is 0.500. The third kappa shape index (κ3) is 8.51. The number of benzene rings is 1. The Bertz CT molecular complexity index is 559. The van der Waals surface area contributed by atoms with E-state index in [-0.39, 0.29) is 12.3 Å². The lowest BCUT2D eigenvalue weighted by Crippen LogP contribution is -2.26. The first-order chi connectivity index (χ1) is 10.0. The first-order valence-electron chi connectivity index (χ1n) is 7.19. The molecule has 1 N–H and O–H groups in total. The molecular formula is C16H24N2O2S. The molecule has 0 aliphatic rings. The highest BCUT2D eigenvalue weighted by Crippen LogP contribution is 2.01. The van der Waals surface area contributed by atoms with Gasteiger partial charge >= 0.3 is 0 Å². The van der Waals surface area contributed by atoms with Gasteiger partial charge in [-0.2, -0.15) is 0 Å². The molecule has 1 aromatic carbocycles. The third-order valence-corrected chi connectivity index (χ3v) is 4.33. The van der Waals surface area contributed by atoms with Crippen molar-refractivity contribution in [3.63, 3.8) is 0 Å². The predicted molar refractivity (Wildman–Crippen MR) is 87.2 cm³/mol. The summed E-state index contributed by atoms with van der Waals surface area (Å²) in [7, 11) is -1.17. The second-order valence-corrected chi connectivity index (χ2v) is 6.93. The summed E-state index contributed by atoms with van der Waals surface area (Å²) in [6, 6.07) is 10.2. The lowest BCUT2D eigenvalue weighted by molar-refractivity contribution is 0.369. The first-order valence-corrected chi connectivity index (χ1v) is 8.84. The largest absolute Gasteiger partial charge is 0.291 e. The number of nitrogens with zero attached hydrogens (tertiary/aromatic N) is 1. The second-order valence-electron chi connectivity index (χ2n) is 5.00. The average molecular weight is 308 g/mol. The van der Waals surface area contributed by atoms with Crippen LogP contribution in [-0.4, -0.2) is 39.2 Å². The summed E-state index contributed by atoms with van der Waals surface area (Å²) >= 11 is 0. The maximum absolute atomic E-state index is 11.5. The minimum atomic E-state index is -3.16. The van der Waals surface area contributed by atoms with Crippen molar-refractivity contribution in [3.8, 4) is 11.8 Å². The van der Waals surface area contributed by atoms with Crippen molar-refractivity contribution in [1.82, 2.24) is 9.62 Å². The van der Waals surface area contributed by atoms with Crippen LogP contribution >= 0.6 is 0 Å². The first kappa shape index (κ1) is 17.7. The molecule has 116 valence electrons. The molecule has 0 amide bonds. The van der Waals surface area contributed by atoms with E-state index in [9.17, 15) is 8.42 Å². The monoisotopic (exact) mass is 308 g/mol. The Morgan fingerprint density at radius 2 is 1.90 bits per heavy atom. The third-order valence-electron chi connectivity index (χ3n) is 2.92. The van der Waals surface area contributed by atoms with Gasteiger partial charge in [0.1, 0.15) is 0 Å². The molecule has 4 nitrogen and oxygen atoms in total. The van der Waals surface area contributed by atoms with E-state index in [1.165, 1.54) is 5.56 Å². The molecule has 1 aromatic rings. The highest BCUT2D eigenvalue weighted by molar-refractivity contribution is 7.89. The van der Waals surface area contributed by atoms with Gasteiger partial charge in [0.15, 0.2) is 0 Å². The SMILES string of the molecule is CCCCS(=O)(=O)NCC#CCN(C)Cc1ccccc1. The van der Waals surface area contributed by atoms with Gasteiger partial charge in [-0.05, 0) is 19.0 Å². The Balaban J connectivity index is 2.26. The van der Waals surface area contributed by atoms with Crippen molar-refractivity contribution in [2.24, 2.45) is 0 Å². The smallest absolute Gasteiger partial charge is 0.212 e. The van der Waals surface area contributed by atoms with Crippen LogP contribution in [0.4, 0.5) is 0 Å². The molecule has 0 saturated carbocycles. The lowest BCUT2D eigenvalue weighted by atomic mass is 10.2. The lowest BCUT2D eigenvalue weighted by Gasteiger charge is -2.12. The van der Waals surface area contributed by atoms with Gasteiger partial charge in [-0.3, -0.25) is 4.90 Å². The summed E-state index contributed by atoms with van der Waals surface area (Å²) in [6.07, 6.45) is 1.56. The Kier molecular flexibility index (Phi) is 8.06. The van der Waals surface area contributed by atoms with E-state index in [0.29, 0.717) is 13.0 Å². The van der Waals surface area contributed by atoms with Gasteiger partial charge < -0.3 is 0 Å². The van der Waals surface area contributed by atoms with E-state index >= 15 is 0 Å². The molecule has 21 heavy (non-hydrogen) atoms. The number of hydrogen-bond donors (Lipinski definition) is 1. The molecule has 0 atom stereocenters. The molecule has 1 rings (SSSR count). The molecule has 0 spiro atoms. The zero-order chi connectivity index (χ0) is 15.6. The summed E-state index contributed by atoms with van der Waals surface area (Å²) in [6.45, 7) is 3.60. The molecule has 0 radical (unpaired) electrons. The van der Waals surface area contributed by atoms with Crippen LogP contribution in [0.1, 0.15) is 25.3 Å². The van der Waals surface area contributed by atoms with Gasteiger partial charge in [0.25, 0.3) is 0 Å². The van der Waals surface area contributed by atoms with Gasteiger partial charge in [-0.25, -0.2) is 13.1 Å². The highest BCUT2D eigenvalue weighted by Gasteiger charge is 2.06. The zero-order valence-electron chi connectivity index (χ0n) is 12.8. The number of unbranched alkanes of at least 4 members (excludes halogenated alkanes) is 1. The zero-order valence-corrected chi connectivity index (χ0v) is 13.6. The number of hydrogen-bond acceptors (Lipinski definition) is 3. The maximum Gasteiger partial charge on any atom is 0.212 e. The van der Waals surface area contributed by atoms with E-state index in [1.54, 1.807) is 0 Å². The summed E-state index contributed by atoms with van der Waals surface area (Å²) in [4.78, 5) is 2.09. The van der Waals surface area contributed by atoms with E-state index in [4.69, 9.17) is 0 Å².